The minimum Gasteiger partial charge on any atom is -0.486 e. The van der Waals surface area contributed by atoms with E-state index < -0.39 is 18.3 Å². The van der Waals surface area contributed by atoms with Crippen molar-refractivity contribution in [1.82, 2.24) is 0 Å². The summed E-state index contributed by atoms with van der Waals surface area (Å²) in [5, 5.41) is 0. The summed E-state index contributed by atoms with van der Waals surface area (Å²) in [5.41, 5.74) is 2.32. The fraction of sp³-hybridized carbons (Fsp3) is 0.300. The van der Waals surface area contributed by atoms with Crippen molar-refractivity contribution < 1.29 is 17.9 Å². The predicted molar refractivity (Wildman–Crippen MR) is 89.9 cm³/mol. The summed E-state index contributed by atoms with van der Waals surface area (Å²) >= 11 is 0. The second-order valence-electron chi connectivity index (χ2n) is 5.63. The highest BCUT2D eigenvalue weighted by Gasteiger charge is 2.12. The van der Waals surface area contributed by atoms with Crippen LogP contribution in [0, 0.1) is 18.6 Å². The van der Waals surface area contributed by atoms with E-state index in [4.69, 9.17) is 4.74 Å². The largest absolute Gasteiger partial charge is 0.486 e. The van der Waals surface area contributed by atoms with Gasteiger partial charge in [0.2, 0.25) is 5.82 Å². The second kappa shape index (κ2) is 9.16. The van der Waals surface area contributed by atoms with Crippen LogP contribution in [0.15, 0.2) is 48.6 Å². The Kier molecular flexibility index (Phi) is 6.91. The molecule has 4 heteroatoms. The lowest BCUT2D eigenvalue weighted by Crippen LogP contribution is -2.00. The standard InChI is InChI=1S/C20H21F3O/c1-15-7-12-18(20(23)19(15)22)24-14-17-10-8-16(9-11-17)6-4-2-3-5-13-21/h3,5,7-12H,2,4,6,13-14H2,1H3. The third-order valence-electron chi connectivity index (χ3n) is 3.75. The average Bonchev–Trinajstić information content (AvgIpc) is 2.60. The van der Waals surface area contributed by atoms with Crippen LogP contribution in [0.4, 0.5) is 13.2 Å². The Balaban J connectivity index is 1.86. The van der Waals surface area contributed by atoms with Gasteiger partial charge >= 0.3 is 0 Å². The summed E-state index contributed by atoms with van der Waals surface area (Å²) in [6, 6.07) is 10.7. The molecular weight excluding hydrogens is 313 g/mol. The summed E-state index contributed by atoms with van der Waals surface area (Å²) in [5.74, 6) is -1.90. The topological polar surface area (TPSA) is 9.23 Å². The average molecular weight is 334 g/mol. The lowest BCUT2D eigenvalue weighted by molar-refractivity contribution is 0.284. The molecule has 24 heavy (non-hydrogen) atoms. The molecule has 0 saturated carbocycles. The van der Waals surface area contributed by atoms with Crippen molar-refractivity contribution in [3.63, 3.8) is 0 Å². The number of allylic oxidation sites excluding steroid dienone is 2. The summed E-state index contributed by atoms with van der Waals surface area (Å²) in [6.45, 7) is 1.27. The van der Waals surface area contributed by atoms with E-state index in [9.17, 15) is 13.2 Å². The highest BCUT2D eigenvalue weighted by Crippen LogP contribution is 2.23. The van der Waals surface area contributed by atoms with Gasteiger partial charge in [-0.1, -0.05) is 42.5 Å². The lowest BCUT2D eigenvalue weighted by atomic mass is 10.1. The molecule has 0 aromatic heterocycles. The van der Waals surface area contributed by atoms with E-state index >= 15 is 0 Å². The first-order chi connectivity index (χ1) is 11.6. The molecule has 0 aliphatic heterocycles. The number of aryl methyl sites for hydroxylation is 2. The van der Waals surface area contributed by atoms with Crippen LogP contribution in [0.25, 0.3) is 0 Å². The van der Waals surface area contributed by atoms with Gasteiger partial charge in [0.15, 0.2) is 11.6 Å². The number of unbranched alkanes of at least 4 members (excludes halogenated alkanes) is 1. The molecule has 0 aliphatic carbocycles. The van der Waals surface area contributed by atoms with Crippen molar-refractivity contribution in [3.05, 3.63) is 76.9 Å². The Hall–Kier alpha value is -2.23. The molecule has 0 aliphatic rings. The maximum atomic E-state index is 13.7. The zero-order valence-electron chi connectivity index (χ0n) is 13.7. The third kappa shape index (κ3) is 5.15. The zero-order valence-corrected chi connectivity index (χ0v) is 13.7. The molecule has 0 fully saturated rings. The number of hydrogen-bond donors (Lipinski definition) is 0. The minimum absolute atomic E-state index is 0.0816. The predicted octanol–water partition coefficient (Wildman–Crippen LogP) is 5.70. The number of halogens is 3. The first-order valence-electron chi connectivity index (χ1n) is 7.98. The molecule has 2 aromatic carbocycles. The SMILES string of the molecule is Cc1ccc(OCc2ccc(CCCC=CCF)cc2)c(F)c1F. The fourth-order valence-electron chi connectivity index (χ4n) is 2.31. The monoisotopic (exact) mass is 334 g/mol. The van der Waals surface area contributed by atoms with Gasteiger partial charge in [-0.15, -0.1) is 0 Å². The Morgan fingerprint density at radius 1 is 0.917 bits per heavy atom. The van der Waals surface area contributed by atoms with Crippen LogP contribution in [0.1, 0.15) is 29.5 Å². The van der Waals surface area contributed by atoms with E-state index in [1.54, 1.807) is 0 Å². The first kappa shape index (κ1) is 18.1. The van der Waals surface area contributed by atoms with Crippen LogP contribution in [-0.4, -0.2) is 6.67 Å². The number of hydrogen-bond acceptors (Lipinski definition) is 1. The van der Waals surface area contributed by atoms with Crippen LogP contribution in [-0.2, 0) is 13.0 Å². The van der Waals surface area contributed by atoms with Gasteiger partial charge in [-0.3, -0.25) is 0 Å². The van der Waals surface area contributed by atoms with E-state index in [-0.39, 0.29) is 17.9 Å². The van der Waals surface area contributed by atoms with Crippen LogP contribution >= 0.6 is 0 Å². The van der Waals surface area contributed by atoms with Gasteiger partial charge in [0.05, 0.1) is 0 Å². The zero-order chi connectivity index (χ0) is 17.4. The molecule has 2 rings (SSSR count). The molecule has 0 atom stereocenters. The molecule has 0 bridgehead atoms. The van der Waals surface area contributed by atoms with Crippen LogP contribution in [0.2, 0.25) is 0 Å². The molecule has 1 nitrogen and oxygen atoms in total. The summed E-state index contributed by atoms with van der Waals surface area (Å²) in [6.07, 6.45) is 6.09. The van der Waals surface area contributed by atoms with Gasteiger partial charge in [0, 0.05) is 0 Å². The van der Waals surface area contributed by atoms with Gasteiger partial charge in [-0.05, 0) is 48.9 Å². The van der Waals surface area contributed by atoms with Gasteiger partial charge in [0.1, 0.15) is 13.3 Å². The smallest absolute Gasteiger partial charge is 0.200 e. The van der Waals surface area contributed by atoms with Crippen LogP contribution in [0.3, 0.4) is 0 Å². The molecule has 128 valence electrons. The number of ether oxygens (including phenoxy) is 1. The van der Waals surface area contributed by atoms with Crippen molar-refractivity contribution >= 4 is 0 Å². The molecular formula is C20H21F3O. The van der Waals surface area contributed by atoms with Crippen molar-refractivity contribution in [2.45, 2.75) is 32.8 Å². The molecule has 0 spiro atoms. The molecule has 0 radical (unpaired) electrons. The molecule has 0 saturated heterocycles. The summed E-state index contributed by atoms with van der Waals surface area (Å²) in [4.78, 5) is 0. The maximum Gasteiger partial charge on any atom is 0.200 e. The van der Waals surface area contributed by atoms with Crippen molar-refractivity contribution in [2.75, 3.05) is 6.67 Å². The van der Waals surface area contributed by atoms with Crippen LogP contribution in [0.5, 0.6) is 5.75 Å². The highest BCUT2D eigenvalue weighted by atomic mass is 19.2. The van der Waals surface area contributed by atoms with Crippen molar-refractivity contribution in [3.8, 4) is 5.75 Å². The molecule has 2 aromatic rings. The highest BCUT2D eigenvalue weighted by molar-refractivity contribution is 5.31. The summed E-state index contributed by atoms with van der Waals surface area (Å²) in [7, 11) is 0. The third-order valence-corrected chi connectivity index (χ3v) is 3.75. The van der Waals surface area contributed by atoms with E-state index in [0.29, 0.717) is 0 Å². The minimum atomic E-state index is -0.951. The van der Waals surface area contributed by atoms with E-state index in [0.717, 1.165) is 24.8 Å². The number of alkyl halides is 1. The van der Waals surface area contributed by atoms with Crippen molar-refractivity contribution in [1.29, 1.82) is 0 Å². The fourth-order valence-corrected chi connectivity index (χ4v) is 2.31. The molecule has 0 unspecified atom stereocenters. The molecule has 0 heterocycles. The Morgan fingerprint density at radius 3 is 2.33 bits per heavy atom. The van der Waals surface area contributed by atoms with Gasteiger partial charge in [-0.25, -0.2) is 8.78 Å². The van der Waals surface area contributed by atoms with Gasteiger partial charge < -0.3 is 4.74 Å². The maximum absolute atomic E-state index is 13.7. The lowest BCUT2D eigenvalue weighted by Gasteiger charge is -2.09. The normalized spacial score (nSPS) is 11.2. The molecule has 0 N–H and O–H groups in total. The van der Waals surface area contributed by atoms with Crippen molar-refractivity contribution in [2.24, 2.45) is 0 Å². The van der Waals surface area contributed by atoms with Gasteiger partial charge in [-0.2, -0.15) is 4.39 Å². The number of rotatable bonds is 8. The Morgan fingerprint density at radius 2 is 1.62 bits per heavy atom. The van der Waals surface area contributed by atoms with E-state index in [1.165, 1.54) is 30.7 Å². The summed E-state index contributed by atoms with van der Waals surface area (Å²) < 4.78 is 44.5. The van der Waals surface area contributed by atoms with Crippen LogP contribution < -0.4 is 4.74 Å². The first-order valence-corrected chi connectivity index (χ1v) is 7.98. The Labute approximate surface area is 140 Å². The second-order valence-corrected chi connectivity index (χ2v) is 5.63. The van der Waals surface area contributed by atoms with E-state index in [2.05, 4.69) is 0 Å². The van der Waals surface area contributed by atoms with Gasteiger partial charge in [0.25, 0.3) is 0 Å². The Bertz CT molecular complexity index is 678. The quantitative estimate of drug-likeness (QED) is 0.444. The van der Waals surface area contributed by atoms with E-state index in [1.807, 2.05) is 30.3 Å². The molecule has 0 amide bonds. The number of benzene rings is 2.